The number of imide groups is 1. The van der Waals surface area contributed by atoms with E-state index in [9.17, 15) is 14.0 Å². The van der Waals surface area contributed by atoms with Crippen molar-refractivity contribution >= 4 is 17.4 Å². The van der Waals surface area contributed by atoms with E-state index >= 15 is 0 Å². The van der Waals surface area contributed by atoms with Gasteiger partial charge in [-0.2, -0.15) is 0 Å². The van der Waals surface area contributed by atoms with E-state index in [1.54, 1.807) is 19.1 Å². The zero-order chi connectivity index (χ0) is 11.7. The summed E-state index contributed by atoms with van der Waals surface area (Å²) in [6, 6.07) is 5.96. The van der Waals surface area contributed by atoms with Gasteiger partial charge in [0.15, 0.2) is 0 Å². The summed E-state index contributed by atoms with van der Waals surface area (Å²) < 4.78 is 13.0. The van der Waals surface area contributed by atoms with Gasteiger partial charge >= 0.3 is 0 Å². The van der Waals surface area contributed by atoms with Crippen molar-refractivity contribution in [3.8, 4) is 0 Å². The number of carbonyl (C=O) groups is 2. The first-order valence-corrected chi connectivity index (χ1v) is 4.88. The minimum Gasteiger partial charge on any atom is -0.292 e. The van der Waals surface area contributed by atoms with Gasteiger partial charge in [-0.15, -0.1) is 0 Å². The molecule has 0 aromatic heterocycles. The van der Waals surface area contributed by atoms with Crippen LogP contribution in [0.1, 0.15) is 18.9 Å². The first-order valence-electron chi connectivity index (χ1n) is 4.88. The number of hydrogen-bond acceptors (Lipinski definition) is 2. The highest BCUT2D eigenvalue weighted by Crippen LogP contribution is 2.23. The van der Waals surface area contributed by atoms with Gasteiger partial charge in [0.25, 0.3) is 5.91 Å². The van der Waals surface area contributed by atoms with E-state index in [1.165, 1.54) is 12.1 Å². The standard InChI is InChI=1S/C12H10FNO2/c1-7(8-3-2-4-9(13)5-8)10-6-11(15)14-12(10)16/h2-5H,6H2,1H3,(H,14,15,16). The predicted molar refractivity (Wildman–Crippen MR) is 56.8 cm³/mol. The van der Waals surface area contributed by atoms with Gasteiger partial charge < -0.3 is 0 Å². The SMILES string of the molecule is CC(=C1CC(=O)NC1=O)c1cccc(F)c1. The molecule has 1 saturated heterocycles. The van der Waals surface area contributed by atoms with Crippen LogP contribution >= 0.6 is 0 Å². The van der Waals surface area contributed by atoms with E-state index in [1.807, 2.05) is 0 Å². The molecule has 16 heavy (non-hydrogen) atoms. The second kappa shape index (κ2) is 3.89. The Labute approximate surface area is 92.0 Å². The van der Waals surface area contributed by atoms with Gasteiger partial charge in [-0.25, -0.2) is 4.39 Å². The molecule has 1 aromatic rings. The fourth-order valence-corrected chi connectivity index (χ4v) is 1.69. The first kappa shape index (κ1) is 10.5. The molecule has 1 aliphatic heterocycles. The van der Waals surface area contributed by atoms with Crippen LogP contribution in [0.3, 0.4) is 0 Å². The molecule has 1 fully saturated rings. The van der Waals surface area contributed by atoms with Crippen LogP contribution in [-0.4, -0.2) is 11.8 Å². The molecule has 1 aliphatic rings. The molecule has 2 rings (SSSR count). The zero-order valence-corrected chi connectivity index (χ0v) is 8.71. The smallest absolute Gasteiger partial charge is 0.254 e. The van der Waals surface area contributed by atoms with Crippen LogP contribution in [0, 0.1) is 5.82 Å². The van der Waals surface area contributed by atoms with Gasteiger partial charge in [0.05, 0.1) is 6.42 Å². The number of amides is 2. The third-order valence-corrected chi connectivity index (χ3v) is 2.57. The Bertz CT molecular complexity index is 505. The highest BCUT2D eigenvalue weighted by molar-refractivity contribution is 6.17. The number of benzene rings is 1. The van der Waals surface area contributed by atoms with Crippen LogP contribution < -0.4 is 5.32 Å². The van der Waals surface area contributed by atoms with Crippen LogP contribution in [0.2, 0.25) is 0 Å². The van der Waals surface area contributed by atoms with E-state index in [-0.39, 0.29) is 24.1 Å². The molecule has 0 radical (unpaired) electrons. The molecule has 82 valence electrons. The summed E-state index contributed by atoms with van der Waals surface area (Å²) in [4.78, 5) is 22.4. The molecule has 1 aromatic carbocycles. The van der Waals surface area contributed by atoms with Crippen LogP contribution in [0.15, 0.2) is 29.8 Å². The van der Waals surface area contributed by atoms with Crippen molar-refractivity contribution in [1.29, 1.82) is 0 Å². The summed E-state index contributed by atoms with van der Waals surface area (Å²) in [6.07, 6.45) is 0.0706. The summed E-state index contributed by atoms with van der Waals surface area (Å²) in [5.74, 6) is -1.05. The summed E-state index contributed by atoms with van der Waals surface area (Å²) in [5.41, 5.74) is 1.68. The molecule has 0 bridgehead atoms. The van der Waals surface area contributed by atoms with E-state index in [2.05, 4.69) is 5.32 Å². The Morgan fingerprint density at radius 2 is 2.12 bits per heavy atom. The highest BCUT2D eigenvalue weighted by Gasteiger charge is 2.26. The maximum absolute atomic E-state index is 13.0. The number of allylic oxidation sites excluding steroid dienone is 1. The van der Waals surface area contributed by atoms with Crippen LogP contribution in [0.4, 0.5) is 4.39 Å². The lowest BCUT2D eigenvalue weighted by atomic mass is 10.0. The maximum Gasteiger partial charge on any atom is 0.254 e. The number of halogens is 1. The van der Waals surface area contributed by atoms with Gasteiger partial charge in [-0.05, 0) is 30.2 Å². The molecule has 4 heteroatoms. The summed E-state index contributed by atoms with van der Waals surface area (Å²) in [5, 5.41) is 2.20. The Kier molecular flexibility index (Phi) is 2.56. The van der Waals surface area contributed by atoms with Crippen molar-refractivity contribution in [1.82, 2.24) is 5.32 Å². The monoisotopic (exact) mass is 219 g/mol. The molecule has 2 amide bonds. The van der Waals surface area contributed by atoms with Crippen molar-refractivity contribution in [2.24, 2.45) is 0 Å². The number of nitrogens with one attached hydrogen (secondary N) is 1. The fraction of sp³-hybridized carbons (Fsp3) is 0.167. The number of rotatable bonds is 1. The minimum atomic E-state index is -0.383. The maximum atomic E-state index is 13.0. The van der Waals surface area contributed by atoms with E-state index in [0.717, 1.165) is 0 Å². The molecule has 1 heterocycles. The number of carbonyl (C=O) groups excluding carboxylic acids is 2. The molecule has 0 aliphatic carbocycles. The van der Waals surface area contributed by atoms with Crippen LogP contribution in [0.5, 0.6) is 0 Å². The molecule has 0 unspecified atom stereocenters. The van der Waals surface area contributed by atoms with Crippen molar-refractivity contribution < 1.29 is 14.0 Å². The molecule has 0 spiro atoms. The Morgan fingerprint density at radius 3 is 2.69 bits per heavy atom. The summed E-state index contributed by atoms with van der Waals surface area (Å²) in [6.45, 7) is 1.71. The van der Waals surface area contributed by atoms with Gasteiger partial charge in [0, 0.05) is 5.57 Å². The summed E-state index contributed by atoms with van der Waals surface area (Å²) in [7, 11) is 0. The average Bonchev–Trinajstić information content (AvgIpc) is 2.57. The third kappa shape index (κ3) is 1.86. The second-order valence-electron chi connectivity index (χ2n) is 3.67. The highest BCUT2D eigenvalue weighted by atomic mass is 19.1. The molecule has 0 atom stereocenters. The van der Waals surface area contributed by atoms with E-state index in [4.69, 9.17) is 0 Å². The molecular weight excluding hydrogens is 209 g/mol. The fourth-order valence-electron chi connectivity index (χ4n) is 1.69. The van der Waals surface area contributed by atoms with Gasteiger partial charge in [0.1, 0.15) is 5.82 Å². The Morgan fingerprint density at radius 1 is 1.38 bits per heavy atom. The topological polar surface area (TPSA) is 46.2 Å². The predicted octanol–water partition coefficient (Wildman–Crippen LogP) is 1.65. The lowest BCUT2D eigenvalue weighted by molar-refractivity contribution is -0.124. The normalized spacial score (nSPS) is 18.6. The van der Waals surface area contributed by atoms with Crippen molar-refractivity contribution in [3.05, 3.63) is 41.2 Å². The third-order valence-electron chi connectivity index (χ3n) is 2.57. The lowest BCUT2D eigenvalue weighted by Crippen LogP contribution is -2.19. The van der Waals surface area contributed by atoms with Gasteiger partial charge in [-0.1, -0.05) is 12.1 Å². The Hall–Kier alpha value is -1.97. The first-order chi connectivity index (χ1) is 7.58. The van der Waals surface area contributed by atoms with Crippen molar-refractivity contribution in [3.63, 3.8) is 0 Å². The number of hydrogen-bond donors (Lipinski definition) is 1. The minimum absolute atomic E-state index is 0.0706. The second-order valence-corrected chi connectivity index (χ2v) is 3.67. The zero-order valence-electron chi connectivity index (χ0n) is 8.71. The summed E-state index contributed by atoms with van der Waals surface area (Å²) >= 11 is 0. The molecular formula is C12H10FNO2. The molecule has 1 N–H and O–H groups in total. The van der Waals surface area contributed by atoms with Crippen LogP contribution in [-0.2, 0) is 9.59 Å². The largest absolute Gasteiger partial charge is 0.292 e. The van der Waals surface area contributed by atoms with Gasteiger partial charge in [0.2, 0.25) is 5.91 Å². The lowest BCUT2D eigenvalue weighted by Gasteiger charge is -2.04. The molecule has 3 nitrogen and oxygen atoms in total. The van der Waals surface area contributed by atoms with Crippen molar-refractivity contribution in [2.75, 3.05) is 0 Å². The average molecular weight is 219 g/mol. The molecule has 0 saturated carbocycles. The van der Waals surface area contributed by atoms with E-state index < -0.39 is 0 Å². The van der Waals surface area contributed by atoms with E-state index in [0.29, 0.717) is 16.7 Å². The van der Waals surface area contributed by atoms with Gasteiger partial charge in [-0.3, -0.25) is 14.9 Å². The Balaban J connectivity index is 2.45. The quantitative estimate of drug-likeness (QED) is 0.576. The van der Waals surface area contributed by atoms with Crippen molar-refractivity contribution in [2.45, 2.75) is 13.3 Å². The van der Waals surface area contributed by atoms with Crippen LogP contribution in [0.25, 0.3) is 5.57 Å².